The Hall–Kier alpha value is -3.21. The fourth-order valence-electron chi connectivity index (χ4n) is 4.82. The zero-order chi connectivity index (χ0) is 25.8. The molecule has 9 nitrogen and oxygen atoms in total. The molecule has 0 atom stereocenters. The number of fused-ring (bicyclic) bond motifs is 1. The number of likely N-dealkylation sites (tertiary alicyclic amines) is 1. The van der Waals surface area contributed by atoms with Gasteiger partial charge in [0.05, 0.1) is 24.2 Å². The van der Waals surface area contributed by atoms with Crippen LogP contribution in [-0.4, -0.2) is 84.8 Å². The molecule has 3 heterocycles. The molecule has 2 saturated heterocycles. The maximum absolute atomic E-state index is 13.5. The number of nitrogens with zero attached hydrogens (tertiary/aromatic N) is 4. The monoisotopic (exact) mass is 529 g/mol. The minimum Gasteiger partial charge on any atom is -0.493 e. The molecule has 0 aliphatic carbocycles. The van der Waals surface area contributed by atoms with Gasteiger partial charge in [0.2, 0.25) is 0 Å². The molecule has 11 heteroatoms. The van der Waals surface area contributed by atoms with E-state index in [0.29, 0.717) is 54.3 Å². The topological polar surface area (TPSA) is 89.1 Å². The first kappa shape index (κ1) is 25.4. The first-order chi connectivity index (χ1) is 18.0. The molecule has 0 saturated carbocycles. The molecule has 0 unspecified atom stereocenters. The van der Waals surface area contributed by atoms with Crippen LogP contribution in [0.15, 0.2) is 36.7 Å². The number of hydrogen-bond donors (Lipinski definition) is 1. The average molecular weight is 530 g/mol. The Labute approximate surface area is 219 Å². The molecule has 2 aliphatic heterocycles. The number of rotatable bonds is 8. The summed E-state index contributed by atoms with van der Waals surface area (Å²) in [5.74, 6) is 1.10. The number of piperidine rings is 1. The Balaban J connectivity index is 1.20. The highest BCUT2D eigenvalue weighted by atomic mass is 35.5. The number of anilines is 2. The van der Waals surface area contributed by atoms with Crippen LogP contribution in [0.25, 0.3) is 10.9 Å². The smallest absolute Gasteiger partial charge is 0.320 e. The summed E-state index contributed by atoms with van der Waals surface area (Å²) in [6.07, 6.45) is 3.51. The number of ether oxygens (including phenoxy) is 3. The lowest BCUT2D eigenvalue weighted by atomic mass is 10.0. The van der Waals surface area contributed by atoms with Crippen LogP contribution in [0.1, 0.15) is 12.8 Å². The van der Waals surface area contributed by atoms with Crippen molar-refractivity contribution in [1.29, 1.82) is 0 Å². The van der Waals surface area contributed by atoms with Gasteiger partial charge in [-0.15, -0.1) is 0 Å². The third kappa shape index (κ3) is 6.03. The standard InChI is InChI=1S/C26H29ClFN5O4/c1-35-23-13-19-22(29-16-30-26(19)31-17-2-3-21(28)20(27)12-17)14-24(23)36-10-8-32-6-4-18(5-7-32)33-9-11-37-25(34)15-33/h2-3,12-14,16,18H,4-11,15H2,1H3,(H,29,30,31). The van der Waals surface area contributed by atoms with Gasteiger partial charge in [0.25, 0.3) is 0 Å². The van der Waals surface area contributed by atoms with Crippen LogP contribution in [0.3, 0.4) is 0 Å². The van der Waals surface area contributed by atoms with Gasteiger partial charge in [-0.05, 0) is 50.2 Å². The zero-order valence-corrected chi connectivity index (χ0v) is 21.3. The number of carbonyl (C=O) groups is 1. The number of esters is 1. The molecule has 1 N–H and O–H groups in total. The normalized spacial score (nSPS) is 17.5. The summed E-state index contributed by atoms with van der Waals surface area (Å²) in [6, 6.07) is 8.48. The van der Waals surface area contributed by atoms with Crippen LogP contribution in [0, 0.1) is 5.82 Å². The second-order valence-electron chi connectivity index (χ2n) is 9.11. The first-order valence-corrected chi connectivity index (χ1v) is 12.7. The van der Waals surface area contributed by atoms with Crippen LogP contribution >= 0.6 is 11.6 Å². The minimum atomic E-state index is -0.485. The summed E-state index contributed by atoms with van der Waals surface area (Å²) in [7, 11) is 1.59. The molecular formula is C26H29ClFN5O4. The lowest BCUT2D eigenvalue weighted by molar-refractivity contribution is -0.152. The van der Waals surface area contributed by atoms with Crippen molar-refractivity contribution in [3.8, 4) is 11.5 Å². The summed E-state index contributed by atoms with van der Waals surface area (Å²) in [6.45, 7) is 4.93. The maximum Gasteiger partial charge on any atom is 0.320 e. The highest BCUT2D eigenvalue weighted by molar-refractivity contribution is 6.31. The number of aromatic nitrogens is 2. The Kier molecular flexibility index (Phi) is 7.87. The van der Waals surface area contributed by atoms with Crippen molar-refractivity contribution in [2.75, 3.05) is 58.4 Å². The number of cyclic esters (lactones) is 1. The number of benzene rings is 2. The van der Waals surface area contributed by atoms with Crippen LogP contribution in [-0.2, 0) is 9.53 Å². The summed E-state index contributed by atoms with van der Waals surface area (Å²) in [5.41, 5.74) is 1.29. The number of hydrogen-bond acceptors (Lipinski definition) is 9. The molecule has 37 heavy (non-hydrogen) atoms. The fraction of sp³-hybridized carbons (Fsp3) is 0.423. The highest BCUT2D eigenvalue weighted by Crippen LogP contribution is 2.35. The van der Waals surface area contributed by atoms with Crippen LogP contribution in [0.4, 0.5) is 15.9 Å². The molecule has 2 aliphatic rings. The predicted molar refractivity (Wildman–Crippen MR) is 138 cm³/mol. The number of nitrogens with one attached hydrogen (secondary N) is 1. The van der Waals surface area contributed by atoms with Crippen LogP contribution in [0.2, 0.25) is 5.02 Å². The van der Waals surface area contributed by atoms with E-state index in [1.807, 2.05) is 12.1 Å². The van der Waals surface area contributed by atoms with Gasteiger partial charge >= 0.3 is 5.97 Å². The number of morpholine rings is 1. The van der Waals surface area contributed by atoms with E-state index in [9.17, 15) is 9.18 Å². The van der Waals surface area contributed by atoms with Crippen molar-refractivity contribution in [2.45, 2.75) is 18.9 Å². The third-order valence-corrected chi connectivity index (χ3v) is 7.11. The molecule has 2 aromatic carbocycles. The molecule has 5 rings (SSSR count). The third-order valence-electron chi connectivity index (χ3n) is 6.82. The van der Waals surface area contributed by atoms with Crippen molar-refractivity contribution in [3.05, 3.63) is 47.5 Å². The Morgan fingerprint density at radius 1 is 1.16 bits per heavy atom. The largest absolute Gasteiger partial charge is 0.493 e. The lowest BCUT2D eigenvalue weighted by Gasteiger charge is -2.39. The summed E-state index contributed by atoms with van der Waals surface area (Å²) >= 11 is 5.91. The predicted octanol–water partition coefficient (Wildman–Crippen LogP) is 3.88. The maximum atomic E-state index is 13.5. The Bertz CT molecular complexity index is 1270. The highest BCUT2D eigenvalue weighted by Gasteiger charge is 2.28. The molecule has 1 aromatic heterocycles. The Morgan fingerprint density at radius 2 is 2.00 bits per heavy atom. The molecule has 0 radical (unpaired) electrons. The van der Waals surface area contributed by atoms with E-state index in [1.165, 1.54) is 18.5 Å². The van der Waals surface area contributed by atoms with Crippen molar-refractivity contribution in [3.63, 3.8) is 0 Å². The van der Waals surface area contributed by atoms with Gasteiger partial charge in [-0.2, -0.15) is 0 Å². The molecule has 0 bridgehead atoms. The van der Waals surface area contributed by atoms with Crippen molar-refractivity contribution < 1.29 is 23.4 Å². The van der Waals surface area contributed by atoms with E-state index in [4.69, 9.17) is 25.8 Å². The number of methoxy groups -OCH3 is 1. The van der Waals surface area contributed by atoms with Gasteiger partial charge in [-0.1, -0.05) is 11.6 Å². The van der Waals surface area contributed by atoms with Gasteiger partial charge in [0.15, 0.2) is 11.5 Å². The van der Waals surface area contributed by atoms with Crippen LogP contribution in [0.5, 0.6) is 11.5 Å². The van der Waals surface area contributed by atoms with E-state index < -0.39 is 5.82 Å². The lowest BCUT2D eigenvalue weighted by Crippen LogP contribution is -2.50. The molecule has 2 fully saturated rings. The van der Waals surface area contributed by atoms with E-state index in [2.05, 4.69) is 25.1 Å². The van der Waals surface area contributed by atoms with Crippen molar-refractivity contribution >= 4 is 40.0 Å². The minimum absolute atomic E-state index is 0.0250. The molecule has 0 spiro atoms. The van der Waals surface area contributed by atoms with Gasteiger partial charge in [-0.3, -0.25) is 14.6 Å². The fourth-order valence-corrected chi connectivity index (χ4v) is 5.00. The quantitative estimate of drug-likeness (QED) is 0.437. The van der Waals surface area contributed by atoms with Gasteiger partial charge < -0.3 is 19.5 Å². The Morgan fingerprint density at radius 3 is 2.76 bits per heavy atom. The molecule has 0 amide bonds. The van der Waals surface area contributed by atoms with Crippen molar-refractivity contribution in [2.24, 2.45) is 0 Å². The summed E-state index contributed by atoms with van der Waals surface area (Å²) in [5, 5.41) is 3.92. The van der Waals surface area contributed by atoms with Crippen molar-refractivity contribution in [1.82, 2.24) is 19.8 Å². The molecule has 196 valence electrons. The van der Waals surface area contributed by atoms with E-state index in [1.54, 1.807) is 13.2 Å². The SMILES string of the molecule is COc1cc2c(Nc3ccc(F)c(Cl)c3)ncnc2cc1OCCN1CCC(N2CCOC(=O)C2)CC1. The summed E-state index contributed by atoms with van der Waals surface area (Å²) < 4.78 is 30.3. The van der Waals surface area contributed by atoms with E-state index in [-0.39, 0.29) is 11.0 Å². The second-order valence-corrected chi connectivity index (χ2v) is 9.52. The number of halogens is 2. The van der Waals surface area contributed by atoms with Gasteiger partial charge in [-0.25, -0.2) is 14.4 Å². The van der Waals surface area contributed by atoms with E-state index >= 15 is 0 Å². The van der Waals surface area contributed by atoms with Gasteiger partial charge in [0, 0.05) is 36.3 Å². The zero-order valence-electron chi connectivity index (χ0n) is 20.6. The second kappa shape index (κ2) is 11.5. The average Bonchev–Trinajstić information content (AvgIpc) is 2.91. The molecular weight excluding hydrogens is 501 g/mol. The number of carbonyl (C=O) groups excluding carboxylic acids is 1. The van der Waals surface area contributed by atoms with Crippen LogP contribution < -0.4 is 14.8 Å². The first-order valence-electron chi connectivity index (χ1n) is 12.3. The van der Waals surface area contributed by atoms with E-state index in [0.717, 1.165) is 44.4 Å². The van der Waals surface area contributed by atoms with Gasteiger partial charge in [0.1, 0.15) is 31.2 Å². The summed E-state index contributed by atoms with van der Waals surface area (Å²) in [4.78, 5) is 24.9. The molecule has 3 aromatic rings.